The number of aromatic hydroxyl groups is 4. The molecule has 3 heterocycles. The minimum absolute atomic E-state index is 0.0354. The minimum atomic E-state index is -0.135. The average Bonchev–Trinajstić information content (AvgIpc) is 3.13. The maximum absolute atomic E-state index is 10.0. The Balaban J connectivity index is 1.66. The lowest BCUT2D eigenvalue weighted by Gasteiger charge is -2.47. The molecule has 2 aliphatic rings. The summed E-state index contributed by atoms with van der Waals surface area (Å²) in [4.78, 5) is 2.29. The van der Waals surface area contributed by atoms with Gasteiger partial charge in [-0.15, -0.1) is 0 Å². The zero-order valence-electron chi connectivity index (χ0n) is 14.5. The van der Waals surface area contributed by atoms with Crippen LogP contribution in [0.4, 0.5) is 0 Å². The van der Waals surface area contributed by atoms with Crippen molar-refractivity contribution in [3.05, 3.63) is 70.7 Å². The van der Waals surface area contributed by atoms with Gasteiger partial charge in [0, 0.05) is 12.1 Å². The van der Waals surface area contributed by atoms with Crippen molar-refractivity contribution in [1.29, 1.82) is 0 Å². The molecule has 0 amide bonds. The van der Waals surface area contributed by atoms with E-state index in [0.29, 0.717) is 19.4 Å². The number of benzene rings is 2. The van der Waals surface area contributed by atoms with Crippen LogP contribution in [0.15, 0.2) is 47.1 Å². The molecule has 0 fully saturated rings. The fourth-order valence-electron chi connectivity index (χ4n) is 4.49. The lowest BCUT2D eigenvalue weighted by molar-refractivity contribution is 0.0834. The highest BCUT2D eigenvalue weighted by Crippen LogP contribution is 2.51. The number of phenols is 4. The third-order valence-corrected chi connectivity index (χ3v) is 5.74. The Morgan fingerprint density at radius 2 is 1.33 bits per heavy atom. The van der Waals surface area contributed by atoms with Gasteiger partial charge in [-0.3, -0.25) is 4.90 Å². The molecule has 27 heavy (non-hydrogen) atoms. The van der Waals surface area contributed by atoms with Gasteiger partial charge >= 0.3 is 0 Å². The van der Waals surface area contributed by atoms with Gasteiger partial charge in [0.05, 0.1) is 12.8 Å². The van der Waals surface area contributed by atoms with Crippen molar-refractivity contribution in [1.82, 2.24) is 4.90 Å². The Hall–Kier alpha value is -3.12. The monoisotopic (exact) mass is 365 g/mol. The summed E-state index contributed by atoms with van der Waals surface area (Å²) in [6, 6.07) is 10.2. The Morgan fingerprint density at radius 1 is 0.815 bits per heavy atom. The van der Waals surface area contributed by atoms with Crippen LogP contribution in [-0.4, -0.2) is 25.3 Å². The normalized spacial score (nSPS) is 20.9. The number of phenolic OH excluding ortho intramolecular Hbond substituents is 4. The Morgan fingerprint density at radius 3 is 1.81 bits per heavy atom. The maximum Gasteiger partial charge on any atom is 0.157 e. The second-order valence-corrected chi connectivity index (χ2v) is 7.27. The van der Waals surface area contributed by atoms with Crippen LogP contribution >= 0.6 is 0 Å². The average molecular weight is 365 g/mol. The van der Waals surface area contributed by atoms with E-state index in [-0.39, 0.29) is 35.1 Å². The molecule has 5 rings (SSSR count). The molecule has 0 spiro atoms. The molecule has 0 saturated carbocycles. The van der Waals surface area contributed by atoms with Crippen LogP contribution in [0.2, 0.25) is 0 Å². The third-order valence-electron chi connectivity index (χ3n) is 5.74. The molecule has 0 aliphatic carbocycles. The summed E-state index contributed by atoms with van der Waals surface area (Å²) in [6.45, 7) is 0.588. The van der Waals surface area contributed by atoms with E-state index in [1.807, 2.05) is 12.1 Å². The highest BCUT2D eigenvalue weighted by molar-refractivity contribution is 5.54. The number of furan rings is 1. The van der Waals surface area contributed by atoms with Crippen molar-refractivity contribution < 1.29 is 24.8 Å². The van der Waals surface area contributed by atoms with E-state index in [0.717, 1.165) is 28.0 Å². The molecule has 2 bridgehead atoms. The van der Waals surface area contributed by atoms with Crippen LogP contribution in [0.5, 0.6) is 23.0 Å². The number of fused-ring (bicyclic) bond motifs is 6. The minimum Gasteiger partial charge on any atom is -0.504 e. The van der Waals surface area contributed by atoms with Gasteiger partial charge in [-0.25, -0.2) is 0 Å². The van der Waals surface area contributed by atoms with Crippen LogP contribution in [0.25, 0.3) is 0 Å². The molecule has 6 heteroatoms. The number of hydrogen-bond donors (Lipinski definition) is 4. The summed E-state index contributed by atoms with van der Waals surface area (Å²) in [5.74, 6) is 0.317. The first-order valence-electron chi connectivity index (χ1n) is 8.89. The second kappa shape index (κ2) is 5.69. The van der Waals surface area contributed by atoms with E-state index >= 15 is 0 Å². The molecule has 0 radical (unpaired) electrons. The standard InChI is InChI=1S/C21H19NO5/c23-18-6-11-4-16-15-9-21(26)19(24)7-12(15)5-17(14(11)8-20(18)25)22(16)10-13-2-1-3-27-13/h1-3,6-9,16-17,23-26H,4-5,10H2. The van der Waals surface area contributed by atoms with E-state index < -0.39 is 0 Å². The lowest BCUT2D eigenvalue weighted by atomic mass is 9.76. The van der Waals surface area contributed by atoms with E-state index in [9.17, 15) is 20.4 Å². The maximum atomic E-state index is 10.0. The van der Waals surface area contributed by atoms with E-state index in [1.54, 1.807) is 30.5 Å². The van der Waals surface area contributed by atoms with Gasteiger partial charge in [0.2, 0.25) is 0 Å². The molecule has 6 nitrogen and oxygen atoms in total. The molecule has 4 N–H and O–H groups in total. The van der Waals surface area contributed by atoms with Crippen LogP contribution in [0, 0.1) is 0 Å². The molecule has 3 aromatic rings. The van der Waals surface area contributed by atoms with Crippen molar-refractivity contribution in [3.8, 4) is 23.0 Å². The molecule has 0 saturated heterocycles. The Kier molecular flexibility index (Phi) is 3.39. The van der Waals surface area contributed by atoms with Crippen molar-refractivity contribution >= 4 is 0 Å². The molecular formula is C21H19NO5. The number of nitrogens with zero attached hydrogens (tertiary/aromatic N) is 1. The van der Waals surface area contributed by atoms with Crippen LogP contribution < -0.4 is 0 Å². The molecule has 138 valence electrons. The molecule has 2 aromatic carbocycles. The van der Waals surface area contributed by atoms with Crippen molar-refractivity contribution in [3.63, 3.8) is 0 Å². The highest BCUT2D eigenvalue weighted by Gasteiger charge is 2.41. The third kappa shape index (κ3) is 2.44. The first kappa shape index (κ1) is 16.1. The highest BCUT2D eigenvalue weighted by atomic mass is 16.3. The fourth-order valence-corrected chi connectivity index (χ4v) is 4.49. The van der Waals surface area contributed by atoms with Crippen molar-refractivity contribution in [2.45, 2.75) is 31.5 Å². The summed E-state index contributed by atoms with van der Waals surface area (Å²) in [7, 11) is 0. The first-order chi connectivity index (χ1) is 13.0. The summed E-state index contributed by atoms with van der Waals surface area (Å²) >= 11 is 0. The van der Waals surface area contributed by atoms with Crippen LogP contribution in [0.3, 0.4) is 0 Å². The number of hydrogen-bond acceptors (Lipinski definition) is 6. The van der Waals surface area contributed by atoms with Crippen LogP contribution in [-0.2, 0) is 19.4 Å². The van der Waals surface area contributed by atoms with Gasteiger partial charge in [-0.05, 0) is 71.5 Å². The van der Waals surface area contributed by atoms with Crippen LogP contribution in [0.1, 0.15) is 40.1 Å². The smallest absolute Gasteiger partial charge is 0.157 e. The fraction of sp³-hybridized carbons (Fsp3) is 0.238. The van der Waals surface area contributed by atoms with Gasteiger partial charge in [-0.2, -0.15) is 0 Å². The largest absolute Gasteiger partial charge is 0.504 e. The topological polar surface area (TPSA) is 97.3 Å². The SMILES string of the molecule is Oc1cc2c(cc1O)C1Cc3cc(O)c(O)cc3C(C2)N1Cc1ccco1. The zero-order valence-corrected chi connectivity index (χ0v) is 14.5. The molecule has 2 atom stereocenters. The van der Waals surface area contributed by atoms with E-state index in [4.69, 9.17) is 4.42 Å². The zero-order chi connectivity index (χ0) is 18.7. The van der Waals surface area contributed by atoms with Gasteiger partial charge in [0.1, 0.15) is 5.76 Å². The van der Waals surface area contributed by atoms with Crippen molar-refractivity contribution in [2.24, 2.45) is 0 Å². The molecule has 1 aromatic heterocycles. The quantitative estimate of drug-likeness (QED) is 0.519. The van der Waals surface area contributed by atoms with E-state index in [1.165, 1.54) is 0 Å². The van der Waals surface area contributed by atoms with Gasteiger partial charge in [-0.1, -0.05) is 0 Å². The number of rotatable bonds is 2. The predicted octanol–water partition coefficient (Wildman–Crippen LogP) is 3.50. The van der Waals surface area contributed by atoms with Gasteiger partial charge in [0.15, 0.2) is 23.0 Å². The molecule has 2 unspecified atom stereocenters. The molecule has 2 aliphatic heterocycles. The molecular weight excluding hydrogens is 346 g/mol. The summed E-state index contributed by atoms with van der Waals surface area (Å²) in [5, 5.41) is 39.9. The lowest BCUT2D eigenvalue weighted by Crippen LogP contribution is -2.42. The van der Waals surface area contributed by atoms with Crippen molar-refractivity contribution in [2.75, 3.05) is 0 Å². The Bertz CT molecular complexity index is 962. The first-order valence-corrected chi connectivity index (χ1v) is 8.89. The summed E-state index contributed by atoms with van der Waals surface area (Å²) in [5.41, 5.74) is 3.89. The van der Waals surface area contributed by atoms with E-state index in [2.05, 4.69) is 4.90 Å². The summed E-state index contributed by atoms with van der Waals surface area (Å²) in [6.07, 6.45) is 2.89. The predicted molar refractivity (Wildman–Crippen MR) is 96.7 cm³/mol. The Labute approximate surface area is 155 Å². The summed E-state index contributed by atoms with van der Waals surface area (Å²) < 4.78 is 5.54. The second-order valence-electron chi connectivity index (χ2n) is 7.27. The van der Waals surface area contributed by atoms with Gasteiger partial charge in [0.25, 0.3) is 0 Å². The van der Waals surface area contributed by atoms with Gasteiger partial charge < -0.3 is 24.8 Å².